The van der Waals surface area contributed by atoms with Crippen LogP contribution in [-0.4, -0.2) is 43.0 Å². The van der Waals surface area contributed by atoms with E-state index in [1.807, 2.05) is 0 Å². The Balaban J connectivity index is 1.44. The van der Waals surface area contributed by atoms with E-state index in [2.05, 4.69) is 10.3 Å². The highest BCUT2D eigenvalue weighted by molar-refractivity contribution is 7.92. The SMILES string of the molecule is CC(C)OCc1nc(C(F)(F)F)ccc1C(=O)NCC1(CC2CC2)CCC(S(=O)(=O)CC2CC2)CC1. The molecule has 0 bridgehead atoms. The lowest BCUT2D eigenvalue weighted by molar-refractivity contribution is -0.141. The predicted molar refractivity (Wildman–Crippen MR) is 130 cm³/mol. The number of pyridine rings is 1. The summed E-state index contributed by atoms with van der Waals surface area (Å²) in [7, 11) is -3.09. The van der Waals surface area contributed by atoms with E-state index in [-0.39, 0.29) is 34.6 Å². The van der Waals surface area contributed by atoms with Gasteiger partial charge < -0.3 is 10.1 Å². The van der Waals surface area contributed by atoms with Crippen LogP contribution in [0.4, 0.5) is 13.2 Å². The second kappa shape index (κ2) is 10.6. The van der Waals surface area contributed by atoms with E-state index >= 15 is 0 Å². The van der Waals surface area contributed by atoms with Crippen LogP contribution in [-0.2, 0) is 27.4 Å². The fourth-order valence-corrected chi connectivity index (χ4v) is 7.50. The highest BCUT2D eigenvalue weighted by Crippen LogP contribution is 2.49. The largest absolute Gasteiger partial charge is 0.433 e. The zero-order chi connectivity index (χ0) is 26.1. The zero-order valence-corrected chi connectivity index (χ0v) is 21.9. The Morgan fingerprint density at radius 1 is 1.11 bits per heavy atom. The number of aromatic nitrogens is 1. The molecular weight excluding hydrogens is 493 g/mol. The third-order valence-corrected chi connectivity index (χ3v) is 10.2. The van der Waals surface area contributed by atoms with E-state index in [1.54, 1.807) is 13.8 Å². The average molecular weight is 531 g/mol. The minimum Gasteiger partial charge on any atom is -0.372 e. The molecule has 10 heteroatoms. The topological polar surface area (TPSA) is 85.4 Å². The first kappa shape index (κ1) is 27.4. The number of amides is 1. The van der Waals surface area contributed by atoms with Gasteiger partial charge in [0, 0.05) is 6.54 Å². The number of sulfone groups is 1. The van der Waals surface area contributed by atoms with Gasteiger partial charge in [-0.05, 0) is 88.2 Å². The van der Waals surface area contributed by atoms with Gasteiger partial charge in [0.1, 0.15) is 5.69 Å². The number of carbonyl (C=O) groups excluding carboxylic acids is 1. The van der Waals surface area contributed by atoms with E-state index in [1.165, 1.54) is 6.07 Å². The number of alkyl halides is 3. The molecule has 0 aliphatic heterocycles. The Kier molecular flexibility index (Phi) is 8.05. The lowest BCUT2D eigenvalue weighted by Crippen LogP contribution is -2.43. The zero-order valence-electron chi connectivity index (χ0n) is 21.1. The molecule has 36 heavy (non-hydrogen) atoms. The van der Waals surface area contributed by atoms with Crippen LogP contribution in [0.25, 0.3) is 0 Å². The lowest BCUT2D eigenvalue weighted by atomic mass is 9.70. The smallest absolute Gasteiger partial charge is 0.372 e. The molecule has 1 aromatic rings. The molecule has 202 valence electrons. The van der Waals surface area contributed by atoms with Gasteiger partial charge in [-0.2, -0.15) is 13.2 Å². The second-order valence-corrected chi connectivity index (χ2v) is 13.7. The summed E-state index contributed by atoms with van der Waals surface area (Å²) in [5, 5.41) is 2.65. The number of hydrogen-bond donors (Lipinski definition) is 1. The quantitative estimate of drug-likeness (QED) is 0.419. The molecule has 0 radical (unpaired) electrons. The first-order valence-electron chi connectivity index (χ1n) is 13.1. The number of nitrogens with one attached hydrogen (secondary N) is 1. The molecule has 6 nitrogen and oxygen atoms in total. The lowest BCUT2D eigenvalue weighted by Gasteiger charge is -2.40. The molecule has 0 spiro atoms. The summed E-state index contributed by atoms with van der Waals surface area (Å²) in [4.78, 5) is 16.8. The van der Waals surface area contributed by atoms with Gasteiger partial charge in [-0.25, -0.2) is 13.4 Å². The molecule has 3 aliphatic carbocycles. The molecule has 1 amide bonds. The number of ether oxygens (including phenoxy) is 1. The van der Waals surface area contributed by atoms with Gasteiger partial charge in [0.25, 0.3) is 5.91 Å². The molecule has 0 saturated heterocycles. The summed E-state index contributed by atoms with van der Waals surface area (Å²) in [5.74, 6) is 0.756. The third kappa shape index (κ3) is 7.21. The minimum absolute atomic E-state index is 0.0397. The van der Waals surface area contributed by atoms with Crippen molar-refractivity contribution in [2.24, 2.45) is 17.3 Å². The number of carbonyl (C=O) groups is 1. The van der Waals surface area contributed by atoms with Crippen molar-refractivity contribution in [3.8, 4) is 0 Å². The fourth-order valence-electron chi connectivity index (χ4n) is 5.28. The van der Waals surface area contributed by atoms with Gasteiger partial charge in [0.15, 0.2) is 9.84 Å². The van der Waals surface area contributed by atoms with Crippen molar-refractivity contribution in [2.45, 2.75) is 95.8 Å². The molecule has 1 N–H and O–H groups in total. The predicted octanol–water partition coefficient (Wildman–Crippen LogP) is 5.31. The van der Waals surface area contributed by atoms with Crippen LogP contribution in [0.15, 0.2) is 12.1 Å². The normalized spacial score (nSPS) is 25.2. The van der Waals surface area contributed by atoms with E-state index in [4.69, 9.17) is 4.74 Å². The molecule has 3 saturated carbocycles. The molecule has 0 aromatic carbocycles. The highest BCUT2D eigenvalue weighted by Gasteiger charge is 2.44. The summed E-state index contributed by atoms with van der Waals surface area (Å²) >= 11 is 0. The maximum Gasteiger partial charge on any atom is 0.433 e. The average Bonchev–Trinajstić information content (AvgIpc) is 3.74. The first-order chi connectivity index (χ1) is 16.9. The maximum atomic E-state index is 13.2. The highest BCUT2D eigenvalue weighted by atomic mass is 32.2. The van der Waals surface area contributed by atoms with Gasteiger partial charge >= 0.3 is 6.18 Å². The van der Waals surface area contributed by atoms with Crippen LogP contribution in [0, 0.1) is 17.3 Å². The molecule has 1 heterocycles. The Labute approximate surface area is 211 Å². The summed E-state index contributed by atoms with van der Waals surface area (Å²) in [5.41, 5.74) is -1.21. The standard InChI is InChI=1S/C26H37F3N2O4S/c1-17(2)35-14-22-21(7-8-23(31-22)26(27,28)29)24(32)30-16-25(13-18-3-4-18)11-9-20(10-12-25)36(33,34)15-19-5-6-19/h7-8,17-20H,3-6,9-16H2,1-2H3,(H,30,32). The molecular formula is C26H37F3N2O4S. The van der Waals surface area contributed by atoms with Crippen molar-refractivity contribution in [1.82, 2.24) is 10.3 Å². The summed E-state index contributed by atoms with van der Waals surface area (Å²) in [6.45, 7) is 3.70. The van der Waals surface area contributed by atoms with Crippen molar-refractivity contribution in [3.63, 3.8) is 0 Å². The van der Waals surface area contributed by atoms with Crippen molar-refractivity contribution >= 4 is 15.7 Å². The van der Waals surface area contributed by atoms with E-state index in [0.717, 1.165) is 51.0 Å². The van der Waals surface area contributed by atoms with Gasteiger partial charge in [0.2, 0.25) is 0 Å². The van der Waals surface area contributed by atoms with Crippen LogP contribution >= 0.6 is 0 Å². The van der Waals surface area contributed by atoms with Crippen molar-refractivity contribution in [3.05, 3.63) is 29.1 Å². The Hall–Kier alpha value is -1.68. The van der Waals surface area contributed by atoms with Gasteiger partial charge in [0.05, 0.1) is 35.0 Å². The van der Waals surface area contributed by atoms with Gasteiger partial charge in [-0.15, -0.1) is 0 Å². The fraction of sp³-hybridized carbons (Fsp3) is 0.769. The van der Waals surface area contributed by atoms with Crippen molar-refractivity contribution in [2.75, 3.05) is 12.3 Å². The van der Waals surface area contributed by atoms with E-state index < -0.39 is 27.6 Å². The molecule has 4 rings (SSSR count). The molecule has 0 atom stereocenters. The number of rotatable bonds is 11. The van der Waals surface area contributed by atoms with Crippen molar-refractivity contribution < 1.29 is 31.1 Å². The molecule has 3 aliphatic rings. The molecule has 3 fully saturated rings. The van der Waals surface area contributed by atoms with E-state index in [0.29, 0.717) is 37.0 Å². The first-order valence-corrected chi connectivity index (χ1v) is 14.8. The Bertz CT molecular complexity index is 1040. The summed E-state index contributed by atoms with van der Waals surface area (Å²) < 4.78 is 70.7. The van der Waals surface area contributed by atoms with E-state index in [9.17, 15) is 26.4 Å². The van der Waals surface area contributed by atoms with Crippen LogP contribution < -0.4 is 5.32 Å². The van der Waals surface area contributed by atoms with Gasteiger partial charge in [-0.3, -0.25) is 4.79 Å². The number of nitrogens with zero attached hydrogens (tertiary/aromatic N) is 1. The number of hydrogen-bond acceptors (Lipinski definition) is 5. The van der Waals surface area contributed by atoms with Crippen molar-refractivity contribution in [1.29, 1.82) is 0 Å². The maximum absolute atomic E-state index is 13.2. The van der Waals surface area contributed by atoms with Crippen LogP contribution in [0.2, 0.25) is 0 Å². The van der Waals surface area contributed by atoms with Crippen LogP contribution in [0.1, 0.15) is 93.4 Å². The number of halogens is 3. The summed E-state index contributed by atoms with van der Waals surface area (Å²) in [6, 6.07) is 1.99. The Morgan fingerprint density at radius 3 is 2.31 bits per heavy atom. The second-order valence-electron chi connectivity index (χ2n) is 11.4. The third-order valence-electron chi connectivity index (χ3n) is 7.77. The summed E-state index contributed by atoms with van der Waals surface area (Å²) in [6.07, 6.45) is 3.08. The molecule has 0 unspecified atom stereocenters. The van der Waals surface area contributed by atoms with Gasteiger partial charge in [-0.1, -0.05) is 12.8 Å². The van der Waals surface area contributed by atoms with Crippen LogP contribution in [0.3, 0.4) is 0 Å². The minimum atomic E-state index is -4.62. The Morgan fingerprint density at radius 2 is 1.75 bits per heavy atom. The molecule has 1 aromatic heterocycles. The van der Waals surface area contributed by atoms with Crippen LogP contribution in [0.5, 0.6) is 0 Å². The monoisotopic (exact) mass is 530 g/mol.